The summed E-state index contributed by atoms with van der Waals surface area (Å²) in [5.74, 6) is -0.870. The Labute approximate surface area is 228 Å². The van der Waals surface area contributed by atoms with Crippen LogP contribution in [0.2, 0.25) is 0 Å². The second-order valence-corrected chi connectivity index (χ2v) is 14.5. The first-order chi connectivity index (χ1) is 16.9. The number of rotatable bonds is 10. The average Bonchev–Trinajstić information content (AvgIpc) is 2.75. The summed E-state index contributed by atoms with van der Waals surface area (Å²) in [5.41, 5.74) is -1.83. The lowest BCUT2D eigenvalue weighted by molar-refractivity contribution is -0.192. The summed E-state index contributed by atoms with van der Waals surface area (Å²) in [7, 11) is 4.31. The summed E-state index contributed by atoms with van der Waals surface area (Å²) in [5, 5.41) is 0. The van der Waals surface area contributed by atoms with Crippen LogP contribution < -0.4 is 0 Å². The molecule has 1 atom stereocenters. The van der Waals surface area contributed by atoms with E-state index in [1.807, 2.05) is 0 Å². The summed E-state index contributed by atoms with van der Waals surface area (Å²) < 4.78 is 12.3. The minimum Gasteiger partial charge on any atom is -0.465 e. The van der Waals surface area contributed by atoms with Crippen molar-refractivity contribution >= 4 is 11.9 Å². The van der Waals surface area contributed by atoms with Gasteiger partial charge in [0.2, 0.25) is 0 Å². The number of unbranched alkanes of at least 4 members (excludes halogenated alkanes) is 2. The summed E-state index contributed by atoms with van der Waals surface area (Å²) in [6.45, 7) is 22.3. The first-order valence-electron chi connectivity index (χ1n) is 14.7. The van der Waals surface area contributed by atoms with Crippen LogP contribution >= 0.6 is 0 Å². The molecule has 2 fully saturated rings. The second kappa shape index (κ2) is 11.5. The van der Waals surface area contributed by atoms with Gasteiger partial charge >= 0.3 is 11.9 Å². The first-order valence-corrected chi connectivity index (χ1v) is 14.7. The van der Waals surface area contributed by atoms with Gasteiger partial charge in [-0.15, -0.1) is 0 Å². The largest absolute Gasteiger partial charge is 0.465 e. The van der Waals surface area contributed by atoms with Gasteiger partial charge in [-0.1, -0.05) is 33.1 Å². The summed E-state index contributed by atoms with van der Waals surface area (Å²) >= 11 is 0. The SMILES string of the molecule is CCCCOC(=O)C(CCCC)(C(=O)OC1CC(C)(C)N(C)C(C)(C)C1)C1CC(C)(C)N(C)C(C)(C)C1. The van der Waals surface area contributed by atoms with Crippen LogP contribution in [0, 0.1) is 11.3 Å². The molecule has 0 aromatic carbocycles. The van der Waals surface area contributed by atoms with Crippen LogP contribution in [-0.4, -0.2) is 70.7 Å². The van der Waals surface area contributed by atoms with Gasteiger partial charge in [0.25, 0.3) is 0 Å². The number of nitrogens with zero attached hydrogens (tertiary/aromatic N) is 2. The fourth-order valence-corrected chi connectivity index (χ4v) is 7.06. The smallest absolute Gasteiger partial charge is 0.324 e. The van der Waals surface area contributed by atoms with E-state index in [-0.39, 0.29) is 46.1 Å². The Morgan fingerprint density at radius 1 is 0.730 bits per heavy atom. The molecule has 0 aromatic heterocycles. The average molecular weight is 523 g/mol. The van der Waals surface area contributed by atoms with Crippen LogP contribution in [0.25, 0.3) is 0 Å². The van der Waals surface area contributed by atoms with E-state index in [2.05, 4.69) is 93.1 Å². The molecule has 6 nitrogen and oxygen atoms in total. The van der Waals surface area contributed by atoms with E-state index in [9.17, 15) is 9.59 Å². The highest BCUT2D eigenvalue weighted by molar-refractivity contribution is 6.00. The topological polar surface area (TPSA) is 59.1 Å². The highest BCUT2D eigenvalue weighted by atomic mass is 16.6. The molecular weight excluding hydrogens is 464 g/mol. The van der Waals surface area contributed by atoms with E-state index >= 15 is 0 Å². The van der Waals surface area contributed by atoms with Crippen molar-refractivity contribution in [2.24, 2.45) is 11.3 Å². The number of carbonyl (C=O) groups excluding carboxylic acids is 2. The summed E-state index contributed by atoms with van der Waals surface area (Å²) in [6.07, 6.45) is 6.67. The van der Waals surface area contributed by atoms with Crippen LogP contribution in [0.4, 0.5) is 0 Å². The molecule has 0 amide bonds. The van der Waals surface area contributed by atoms with Crippen LogP contribution in [-0.2, 0) is 19.1 Å². The Hall–Kier alpha value is -1.14. The minimum absolute atomic E-state index is 0.113. The van der Waals surface area contributed by atoms with Crippen molar-refractivity contribution in [3.63, 3.8) is 0 Å². The van der Waals surface area contributed by atoms with Gasteiger partial charge in [-0.2, -0.15) is 0 Å². The molecule has 0 saturated carbocycles. The third-order valence-corrected chi connectivity index (χ3v) is 9.93. The van der Waals surface area contributed by atoms with E-state index in [0.29, 0.717) is 13.0 Å². The molecule has 0 N–H and O–H groups in total. The molecule has 0 spiro atoms. The van der Waals surface area contributed by atoms with Gasteiger partial charge in [0.1, 0.15) is 6.10 Å². The Morgan fingerprint density at radius 2 is 1.16 bits per heavy atom. The number of likely N-dealkylation sites (tertiary alicyclic amines) is 2. The van der Waals surface area contributed by atoms with Gasteiger partial charge in [0, 0.05) is 35.0 Å². The molecule has 1 unspecified atom stereocenters. The maximum atomic E-state index is 14.5. The summed E-state index contributed by atoms with van der Waals surface area (Å²) in [6, 6.07) is 0. The number of ether oxygens (including phenoxy) is 2. The predicted octanol–water partition coefficient (Wildman–Crippen LogP) is 6.60. The van der Waals surface area contributed by atoms with Crippen LogP contribution in [0.5, 0.6) is 0 Å². The van der Waals surface area contributed by atoms with Crippen LogP contribution in [0.1, 0.15) is 127 Å². The predicted molar refractivity (Wildman–Crippen MR) is 152 cm³/mol. The minimum atomic E-state index is -1.28. The van der Waals surface area contributed by atoms with Gasteiger partial charge in [-0.05, 0) is 101 Å². The molecule has 2 rings (SSSR count). The fourth-order valence-electron chi connectivity index (χ4n) is 7.06. The Kier molecular flexibility index (Phi) is 10.0. The van der Waals surface area contributed by atoms with E-state index in [1.54, 1.807) is 0 Å². The maximum Gasteiger partial charge on any atom is 0.324 e. The van der Waals surface area contributed by atoms with Gasteiger partial charge in [0.15, 0.2) is 5.41 Å². The fraction of sp³-hybridized carbons (Fsp3) is 0.935. The molecule has 0 radical (unpaired) electrons. The number of hydrogen-bond acceptors (Lipinski definition) is 6. The Balaban J connectivity index is 2.53. The summed E-state index contributed by atoms with van der Waals surface area (Å²) in [4.78, 5) is 33.3. The number of piperidine rings is 2. The number of hydrogen-bond donors (Lipinski definition) is 0. The van der Waals surface area contributed by atoms with E-state index in [4.69, 9.17) is 9.47 Å². The van der Waals surface area contributed by atoms with Crippen LogP contribution in [0.3, 0.4) is 0 Å². The second-order valence-electron chi connectivity index (χ2n) is 14.5. The molecule has 2 saturated heterocycles. The lowest BCUT2D eigenvalue weighted by Crippen LogP contribution is -2.64. The Morgan fingerprint density at radius 3 is 1.59 bits per heavy atom. The molecule has 216 valence electrons. The monoisotopic (exact) mass is 522 g/mol. The Bertz CT molecular complexity index is 767. The van der Waals surface area contributed by atoms with Crippen molar-refractivity contribution in [1.82, 2.24) is 9.80 Å². The molecule has 2 aliphatic rings. The van der Waals surface area contributed by atoms with Gasteiger partial charge in [-0.25, -0.2) is 0 Å². The van der Waals surface area contributed by atoms with Crippen LogP contribution in [0.15, 0.2) is 0 Å². The highest BCUT2D eigenvalue weighted by Crippen LogP contribution is 2.51. The molecule has 6 heteroatoms. The molecule has 0 aliphatic carbocycles. The first kappa shape index (κ1) is 32.1. The van der Waals surface area contributed by atoms with Crippen molar-refractivity contribution in [2.45, 2.75) is 155 Å². The molecule has 0 aromatic rings. The van der Waals surface area contributed by atoms with Crippen molar-refractivity contribution in [2.75, 3.05) is 20.7 Å². The zero-order valence-electron chi connectivity index (χ0n) is 26.3. The number of carbonyl (C=O) groups is 2. The zero-order chi connectivity index (χ0) is 28.4. The normalized spacial score (nSPS) is 25.8. The van der Waals surface area contributed by atoms with Gasteiger partial charge in [0.05, 0.1) is 6.61 Å². The molecule has 0 bridgehead atoms. The van der Waals surface area contributed by atoms with Crippen molar-refractivity contribution < 1.29 is 19.1 Å². The van der Waals surface area contributed by atoms with Gasteiger partial charge in [-0.3, -0.25) is 19.4 Å². The third-order valence-electron chi connectivity index (χ3n) is 9.93. The molecule has 2 heterocycles. The quantitative estimate of drug-likeness (QED) is 0.183. The molecule has 37 heavy (non-hydrogen) atoms. The van der Waals surface area contributed by atoms with Gasteiger partial charge < -0.3 is 9.47 Å². The molecule has 2 aliphatic heterocycles. The maximum absolute atomic E-state index is 14.5. The lowest BCUT2D eigenvalue weighted by Gasteiger charge is -2.57. The standard InChI is InChI=1S/C31H58N2O4/c1-13-15-17-31(25(34)36-18-16-14-2,23-19-27(3,4)32(11)28(5,6)20-23)26(35)37-24-21-29(7,8)33(12)30(9,10)22-24/h23-24H,13-22H2,1-12H3. The van der Waals surface area contributed by atoms with Crippen molar-refractivity contribution in [3.8, 4) is 0 Å². The van der Waals surface area contributed by atoms with Crippen molar-refractivity contribution in [1.29, 1.82) is 0 Å². The van der Waals surface area contributed by atoms with E-state index in [0.717, 1.165) is 51.4 Å². The number of esters is 2. The highest BCUT2D eigenvalue weighted by Gasteiger charge is 2.60. The van der Waals surface area contributed by atoms with E-state index < -0.39 is 5.41 Å². The third kappa shape index (κ3) is 6.72. The van der Waals surface area contributed by atoms with E-state index in [1.165, 1.54) is 0 Å². The zero-order valence-corrected chi connectivity index (χ0v) is 26.3. The van der Waals surface area contributed by atoms with Crippen molar-refractivity contribution in [3.05, 3.63) is 0 Å². The lowest BCUT2D eigenvalue weighted by atomic mass is 9.60. The molecular formula is C31H58N2O4.